The zero-order valence-electron chi connectivity index (χ0n) is 17.3. The first kappa shape index (κ1) is 21.6. The molecule has 1 aromatic carbocycles. The van der Waals surface area contributed by atoms with Crippen LogP contribution < -0.4 is 11.0 Å². The molecule has 3 rings (SSSR count). The number of carbonyl (C=O) groups is 3. The van der Waals surface area contributed by atoms with Gasteiger partial charge in [0.05, 0.1) is 11.0 Å². The second-order valence-corrected chi connectivity index (χ2v) is 7.66. The zero-order valence-corrected chi connectivity index (χ0v) is 17.3. The third-order valence-electron chi connectivity index (χ3n) is 5.47. The summed E-state index contributed by atoms with van der Waals surface area (Å²) in [5, 5.41) is 2.31. The molecule has 2 heterocycles. The molecule has 1 aliphatic heterocycles. The maximum atomic E-state index is 12.8. The number of nitrogens with zero attached hydrogens (tertiary/aromatic N) is 2. The fraction of sp³-hybridized carbons (Fsp3) is 0.478. The van der Waals surface area contributed by atoms with Gasteiger partial charge in [0.2, 0.25) is 11.8 Å². The Morgan fingerprint density at radius 1 is 1.10 bits per heavy atom. The first-order chi connectivity index (χ1) is 14.5. The smallest absolute Gasteiger partial charge is 0.303 e. The molecule has 1 aliphatic rings. The van der Waals surface area contributed by atoms with Gasteiger partial charge < -0.3 is 4.79 Å². The second-order valence-electron chi connectivity index (χ2n) is 7.66. The summed E-state index contributed by atoms with van der Waals surface area (Å²) in [4.78, 5) is 46.7. The van der Waals surface area contributed by atoms with Gasteiger partial charge in [-0.15, -0.1) is 0 Å². The summed E-state index contributed by atoms with van der Waals surface area (Å²) in [6.45, 7) is 0. The number of hydrogen-bond donors (Lipinski definition) is 1. The minimum Gasteiger partial charge on any atom is -0.303 e. The van der Waals surface area contributed by atoms with E-state index in [2.05, 4.69) is 17.2 Å². The maximum Gasteiger partial charge on any atom is 0.329 e. The summed E-state index contributed by atoms with van der Waals surface area (Å²) in [5.41, 5.74) is 1.92. The fourth-order valence-electron chi connectivity index (χ4n) is 3.81. The van der Waals surface area contributed by atoms with Crippen LogP contribution in [0.5, 0.6) is 0 Å². The molecule has 7 heteroatoms. The van der Waals surface area contributed by atoms with Gasteiger partial charge in [0.25, 0.3) is 0 Å². The minimum atomic E-state index is -0.678. The van der Waals surface area contributed by atoms with Crippen molar-refractivity contribution >= 4 is 29.1 Å². The van der Waals surface area contributed by atoms with Crippen LogP contribution in [-0.4, -0.2) is 27.2 Å². The number of aldehydes is 1. The number of imide groups is 1. The van der Waals surface area contributed by atoms with E-state index in [1.54, 1.807) is 7.05 Å². The summed E-state index contributed by atoms with van der Waals surface area (Å²) in [6.07, 6.45) is 8.27. The Kier molecular flexibility index (Phi) is 7.23. The Labute approximate surface area is 175 Å². The van der Waals surface area contributed by atoms with E-state index in [1.165, 1.54) is 9.13 Å². The van der Waals surface area contributed by atoms with E-state index >= 15 is 0 Å². The Morgan fingerprint density at radius 2 is 1.87 bits per heavy atom. The molecule has 1 aromatic heterocycles. The van der Waals surface area contributed by atoms with Crippen LogP contribution >= 0.6 is 0 Å². The largest absolute Gasteiger partial charge is 0.329 e. The van der Waals surface area contributed by atoms with E-state index in [0.717, 1.165) is 50.4 Å². The van der Waals surface area contributed by atoms with E-state index in [4.69, 9.17) is 0 Å². The monoisotopic (exact) mass is 409 g/mol. The van der Waals surface area contributed by atoms with E-state index in [0.29, 0.717) is 23.9 Å². The van der Waals surface area contributed by atoms with Gasteiger partial charge in [0, 0.05) is 31.9 Å². The summed E-state index contributed by atoms with van der Waals surface area (Å²) in [6, 6.07) is 4.86. The Hall–Kier alpha value is -3.14. The molecule has 0 bridgehead atoms. The van der Waals surface area contributed by atoms with Crippen molar-refractivity contribution in [1.29, 1.82) is 0 Å². The number of hydrogen-bond acceptors (Lipinski definition) is 4. The summed E-state index contributed by atoms with van der Waals surface area (Å²) >= 11 is 0. The predicted octanol–water partition coefficient (Wildman–Crippen LogP) is 2.60. The number of carbonyl (C=O) groups excluding carboxylic acids is 3. The second kappa shape index (κ2) is 10.1. The van der Waals surface area contributed by atoms with Crippen molar-refractivity contribution < 1.29 is 14.4 Å². The molecule has 7 nitrogen and oxygen atoms in total. The molecule has 1 unspecified atom stereocenters. The fourth-order valence-corrected chi connectivity index (χ4v) is 3.81. The zero-order chi connectivity index (χ0) is 21.5. The molecule has 1 atom stereocenters. The maximum absolute atomic E-state index is 12.8. The van der Waals surface area contributed by atoms with E-state index in [-0.39, 0.29) is 18.0 Å². The molecule has 0 aliphatic carbocycles. The number of unbranched alkanes of at least 4 members (excludes halogenated alkanes) is 6. The molecular formula is C23H27N3O4. The lowest BCUT2D eigenvalue weighted by Gasteiger charge is -2.21. The number of imidazole rings is 1. The highest BCUT2D eigenvalue weighted by Gasteiger charge is 2.31. The van der Waals surface area contributed by atoms with E-state index < -0.39 is 11.9 Å². The molecule has 1 fully saturated rings. The lowest BCUT2D eigenvalue weighted by atomic mass is 10.1. The average Bonchev–Trinajstić information content (AvgIpc) is 2.97. The summed E-state index contributed by atoms with van der Waals surface area (Å²) in [7, 11) is 1.68. The van der Waals surface area contributed by atoms with Crippen molar-refractivity contribution in [3.05, 3.63) is 34.2 Å². The first-order valence-electron chi connectivity index (χ1n) is 10.5. The molecule has 30 heavy (non-hydrogen) atoms. The topological polar surface area (TPSA) is 90.2 Å². The van der Waals surface area contributed by atoms with Gasteiger partial charge in [-0.2, -0.15) is 0 Å². The molecule has 1 saturated heterocycles. The molecule has 0 spiro atoms. The van der Waals surface area contributed by atoms with Crippen LogP contribution in [0.25, 0.3) is 11.0 Å². The van der Waals surface area contributed by atoms with Crippen molar-refractivity contribution in [2.24, 2.45) is 7.05 Å². The van der Waals surface area contributed by atoms with Crippen LogP contribution in [0.3, 0.4) is 0 Å². The lowest BCUT2D eigenvalue weighted by molar-refractivity contribution is -0.135. The van der Waals surface area contributed by atoms with Gasteiger partial charge in [-0.3, -0.25) is 24.0 Å². The van der Waals surface area contributed by atoms with E-state index in [1.807, 2.05) is 18.2 Å². The van der Waals surface area contributed by atoms with Crippen LogP contribution in [0.1, 0.15) is 69.4 Å². The quantitative estimate of drug-likeness (QED) is 0.314. The standard InChI is InChI=1S/C23H27N3O4/c1-25-20-16-17(10-8-6-4-2-3-5-7-9-15-27)11-12-18(20)26(23(25)30)19-13-14-21(28)24-22(19)29/h11-12,15-16,19H,2-7,9,13-14H2,1H3,(H,24,28,29). The van der Waals surface area contributed by atoms with Crippen LogP contribution in [0.2, 0.25) is 0 Å². The number of nitrogens with one attached hydrogen (secondary N) is 1. The lowest BCUT2D eigenvalue weighted by Crippen LogP contribution is -2.44. The minimum absolute atomic E-state index is 0.222. The van der Waals surface area contributed by atoms with Crippen molar-refractivity contribution in [3.8, 4) is 11.8 Å². The van der Waals surface area contributed by atoms with Crippen molar-refractivity contribution in [3.63, 3.8) is 0 Å². The molecule has 1 N–H and O–H groups in total. The SMILES string of the molecule is Cn1c(=O)n(C2CCC(=O)NC2=O)c2ccc(C#CCCCCCCCC=O)cc21. The van der Waals surface area contributed by atoms with Gasteiger partial charge in [-0.1, -0.05) is 31.1 Å². The molecule has 0 saturated carbocycles. The van der Waals surface area contributed by atoms with E-state index in [9.17, 15) is 19.2 Å². The van der Waals surface area contributed by atoms with Crippen LogP contribution in [0, 0.1) is 11.8 Å². The molecule has 0 radical (unpaired) electrons. The molecule has 158 valence electrons. The molecule has 2 aromatic rings. The highest BCUT2D eigenvalue weighted by molar-refractivity contribution is 6.00. The highest BCUT2D eigenvalue weighted by Crippen LogP contribution is 2.23. The van der Waals surface area contributed by atoms with Gasteiger partial charge >= 0.3 is 5.69 Å². The Morgan fingerprint density at radius 3 is 2.63 bits per heavy atom. The number of rotatable bonds is 8. The average molecular weight is 409 g/mol. The molecule has 2 amide bonds. The third-order valence-corrected chi connectivity index (χ3v) is 5.47. The summed E-state index contributed by atoms with van der Waals surface area (Å²) in [5.74, 6) is 5.60. The van der Waals surface area contributed by atoms with Crippen LogP contribution in [-0.2, 0) is 21.4 Å². The predicted molar refractivity (Wildman–Crippen MR) is 114 cm³/mol. The number of aryl methyl sites for hydroxylation is 1. The number of aromatic nitrogens is 2. The van der Waals surface area contributed by atoms with Crippen molar-refractivity contribution in [2.45, 2.75) is 63.8 Å². The number of benzene rings is 1. The van der Waals surface area contributed by atoms with Crippen LogP contribution in [0.15, 0.2) is 23.0 Å². The number of fused-ring (bicyclic) bond motifs is 1. The van der Waals surface area contributed by atoms with Gasteiger partial charge in [-0.05, 0) is 37.5 Å². The number of piperidine rings is 1. The van der Waals surface area contributed by atoms with Gasteiger partial charge in [0.1, 0.15) is 12.3 Å². The number of amides is 2. The summed E-state index contributed by atoms with van der Waals surface area (Å²) < 4.78 is 2.99. The third kappa shape index (κ3) is 4.88. The first-order valence-corrected chi connectivity index (χ1v) is 10.5. The van der Waals surface area contributed by atoms with Gasteiger partial charge in [-0.25, -0.2) is 4.79 Å². The van der Waals surface area contributed by atoms with Crippen molar-refractivity contribution in [2.75, 3.05) is 0 Å². The Balaban J connectivity index is 1.68. The highest BCUT2D eigenvalue weighted by atomic mass is 16.2. The molecular weight excluding hydrogens is 382 g/mol. The van der Waals surface area contributed by atoms with Crippen molar-refractivity contribution in [1.82, 2.24) is 14.5 Å². The normalized spacial score (nSPS) is 16.2. The van der Waals surface area contributed by atoms with Gasteiger partial charge in [0.15, 0.2) is 0 Å². The Bertz CT molecular complexity index is 1070. The van der Waals surface area contributed by atoms with Crippen LogP contribution in [0.4, 0.5) is 0 Å².